The summed E-state index contributed by atoms with van der Waals surface area (Å²) in [6.45, 7) is 3.46. The van der Waals surface area contributed by atoms with Crippen molar-refractivity contribution in [1.29, 1.82) is 0 Å². The number of aliphatic imine (C=N–C) groups is 1. The molecule has 0 unspecified atom stereocenters. The molecule has 0 amide bonds. The number of carbonyl (C=O) groups excluding carboxylic acids is 1. The number of benzene rings is 1. The Morgan fingerprint density at radius 1 is 1.24 bits per heavy atom. The van der Waals surface area contributed by atoms with Crippen molar-refractivity contribution >= 4 is 11.9 Å². The van der Waals surface area contributed by atoms with Crippen molar-refractivity contribution < 1.29 is 23.7 Å². The lowest BCUT2D eigenvalue weighted by atomic mass is 9.69. The Hall–Kier alpha value is -1.92. The highest BCUT2D eigenvalue weighted by Crippen LogP contribution is 2.62. The second-order valence-corrected chi connectivity index (χ2v) is 5.21. The van der Waals surface area contributed by atoms with Crippen LogP contribution in [0.2, 0.25) is 0 Å². The molecule has 1 aromatic carbocycles. The van der Waals surface area contributed by atoms with Crippen LogP contribution >= 0.6 is 0 Å². The molecule has 0 aromatic heterocycles. The van der Waals surface area contributed by atoms with E-state index in [0.29, 0.717) is 11.5 Å². The Morgan fingerprint density at radius 2 is 1.90 bits per heavy atom. The average molecular weight is 291 g/mol. The summed E-state index contributed by atoms with van der Waals surface area (Å²) in [6, 6.07) is 9.10. The molecule has 112 valence electrons. The minimum atomic E-state index is -1.40. The van der Waals surface area contributed by atoms with Gasteiger partial charge in [0.25, 0.3) is 0 Å². The summed E-state index contributed by atoms with van der Waals surface area (Å²) in [6.07, 6.45) is 0. The Bertz CT molecular complexity index is 616. The van der Waals surface area contributed by atoms with Gasteiger partial charge in [-0.05, 0) is 12.5 Å². The first-order chi connectivity index (χ1) is 9.96. The molecule has 0 spiro atoms. The van der Waals surface area contributed by atoms with Crippen LogP contribution in [-0.2, 0) is 29.3 Å². The van der Waals surface area contributed by atoms with Crippen LogP contribution in [0, 0.1) is 0 Å². The number of hydrogen-bond acceptors (Lipinski definition) is 6. The van der Waals surface area contributed by atoms with Gasteiger partial charge in [0, 0.05) is 14.0 Å². The number of nitrogens with zero attached hydrogens (tertiary/aromatic N) is 1. The van der Waals surface area contributed by atoms with Gasteiger partial charge in [0.2, 0.25) is 5.60 Å². The maximum absolute atomic E-state index is 12.5. The SMILES string of the molecule is COC(=O)[C@@]1(c2ccccc2)O[C@]2(OC)OC(C)=N[C@@]21C. The number of esters is 1. The quantitative estimate of drug-likeness (QED) is 0.791. The van der Waals surface area contributed by atoms with E-state index in [4.69, 9.17) is 18.9 Å². The van der Waals surface area contributed by atoms with E-state index >= 15 is 0 Å². The molecule has 1 saturated heterocycles. The van der Waals surface area contributed by atoms with E-state index in [1.54, 1.807) is 26.0 Å². The van der Waals surface area contributed by atoms with Crippen molar-refractivity contribution in [2.75, 3.05) is 14.2 Å². The van der Waals surface area contributed by atoms with E-state index in [-0.39, 0.29) is 0 Å². The zero-order chi connectivity index (χ0) is 15.3. The third-order valence-electron chi connectivity index (χ3n) is 4.15. The number of fused-ring (bicyclic) bond motifs is 1. The molecule has 1 aromatic rings. The second-order valence-electron chi connectivity index (χ2n) is 5.21. The lowest BCUT2D eigenvalue weighted by Crippen LogP contribution is -2.80. The number of rotatable bonds is 3. The van der Waals surface area contributed by atoms with Gasteiger partial charge >= 0.3 is 11.9 Å². The topological polar surface area (TPSA) is 66.4 Å². The first kappa shape index (κ1) is 14.0. The van der Waals surface area contributed by atoms with Crippen LogP contribution < -0.4 is 0 Å². The summed E-state index contributed by atoms with van der Waals surface area (Å²) in [5.41, 5.74) is -1.81. The van der Waals surface area contributed by atoms with Crippen molar-refractivity contribution in [2.45, 2.75) is 31.0 Å². The third-order valence-corrected chi connectivity index (χ3v) is 4.15. The van der Waals surface area contributed by atoms with Crippen LogP contribution in [0.3, 0.4) is 0 Å². The summed E-state index contributed by atoms with van der Waals surface area (Å²) in [7, 11) is 2.78. The fraction of sp³-hybridized carbons (Fsp3) is 0.467. The van der Waals surface area contributed by atoms with Crippen molar-refractivity contribution in [1.82, 2.24) is 0 Å². The molecule has 0 bridgehead atoms. The minimum Gasteiger partial charge on any atom is -0.467 e. The van der Waals surface area contributed by atoms with E-state index < -0.39 is 23.1 Å². The number of ether oxygens (including phenoxy) is 4. The molecule has 2 heterocycles. The predicted octanol–water partition coefficient (Wildman–Crippen LogP) is 1.59. The summed E-state index contributed by atoms with van der Waals surface area (Å²) in [5.74, 6) is -1.53. The fourth-order valence-electron chi connectivity index (χ4n) is 3.17. The normalized spacial score (nSPS) is 37.0. The molecule has 1 fully saturated rings. The number of methoxy groups -OCH3 is 2. The largest absolute Gasteiger partial charge is 0.467 e. The summed E-state index contributed by atoms with van der Waals surface area (Å²) >= 11 is 0. The van der Waals surface area contributed by atoms with Gasteiger partial charge in [-0.15, -0.1) is 0 Å². The first-order valence-electron chi connectivity index (χ1n) is 6.60. The van der Waals surface area contributed by atoms with Crippen LogP contribution in [-0.4, -0.2) is 37.6 Å². The monoisotopic (exact) mass is 291 g/mol. The molecule has 0 N–H and O–H groups in total. The molecule has 6 heteroatoms. The Kier molecular flexibility index (Phi) is 2.86. The van der Waals surface area contributed by atoms with E-state index in [1.165, 1.54) is 14.2 Å². The fourth-order valence-corrected chi connectivity index (χ4v) is 3.17. The van der Waals surface area contributed by atoms with Crippen LogP contribution in [0.25, 0.3) is 0 Å². The Morgan fingerprint density at radius 3 is 2.48 bits per heavy atom. The van der Waals surface area contributed by atoms with Gasteiger partial charge in [-0.3, -0.25) is 4.74 Å². The van der Waals surface area contributed by atoms with Gasteiger partial charge in [-0.2, -0.15) is 0 Å². The second kappa shape index (κ2) is 4.29. The highest BCUT2D eigenvalue weighted by Gasteiger charge is 2.84. The third kappa shape index (κ3) is 1.43. The maximum Gasteiger partial charge on any atom is 0.359 e. The summed E-state index contributed by atoms with van der Waals surface area (Å²) in [5, 5.41) is 0. The highest BCUT2D eigenvalue weighted by molar-refractivity contribution is 5.88. The lowest BCUT2D eigenvalue weighted by molar-refractivity contribution is -0.487. The van der Waals surface area contributed by atoms with Gasteiger partial charge in [0.15, 0.2) is 11.4 Å². The van der Waals surface area contributed by atoms with E-state index in [0.717, 1.165) is 0 Å². The molecular formula is C15H17NO5. The van der Waals surface area contributed by atoms with Crippen molar-refractivity contribution in [3.05, 3.63) is 35.9 Å². The van der Waals surface area contributed by atoms with Crippen molar-refractivity contribution in [3.63, 3.8) is 0 Å². The average Bonchev–Trinajstić information content (AvgIpc) is 2.70. The molecule has 3 atom stereocenters. The van der Waals surface area contributed by atoms with Gasteiger partial charge in [-0.25, -0.2) is 9.79 Å². The molecule has 0 aliphatic carbocycles. The van der Waals surface area contributed by atoms with Gasteiger partial charge in [0.05, 0.1) is 7.11 Å². The van der Waals surface area contributed by atoms with Crippen molar-refractivity contribution in [2.24, 2.45) is 4.99 Å². The number of hydrogen-bond donors (Lipinski definition) is 0. The zero-order valence-corrected chi connectivity index (χ0v) is 12.4. The lowest BCUT2D eigenvalue weighted by Gasteiger charge is -2.58. The molecule has 21 heavy (non-hydrogen) atoms. The standard InChI is InChI=1S/C15H17NO5/c1-10-16-13(2)14(12(17)18-3,11-8-6-5-7-9-11)21-15(13,19-4)20-10/h5-9H,1-4H3/t13-,14-,15-/m1/s1. The van der Waals surface area contributed by atoms with E-state index in [2.05, 4.69) is 4.99 Å². The number of carbonyl (C=O) groups is 1. The molecular weight excluding hydrogens is 274 g/mol. The summed E-state index contributed by atoms with van der Waals surface area (Å²) < 4.78 is 21.8. The Balaban J connectivity index is 2.19. The molecule has 2 aliphatic heterocycles. The van der Waals surface area contributed by atoms with Crippen LogP contribution in [0.5, 0.6) is 0 Å². The van der Waals surface area contributed by atoms with Gasteiger partial charge in [-0.1, -0.05) is 30.3 Å². The first-order valence-corrected chi connectivity index (χ1v) is 6.60. The molecule has 3 rings (SSSR count). The maximum atomic E-state index is 12.5. The molecule has 2 aliphatic rings. The minimum absolute atomic E-state index is 0.404. The van der Waals surface area contributed by atoms with E-state index in [1.807, 2.05) is 18.2 Å². The predicted molar refractivity (Wildman–Crippen MR) is 73.6 cm³/mol. The van der Waals surface area contributed by atoms with Crippen LogP contribution in [0.1, 0.15) is 19.4 Å². The highest BCUT2D eigenvalue weighted by atomic mass is 16.9. The Labute approximate surface area is 122 Å². The molecule has 0 radical (unpaired) electrons. The molecule has 6 nitrogen and oxygen atoms in total. The van der Waals surface area contributed by atoms with E-state index in [9.17, 15) is 4.79 Å². The molecule has 0 saturated carbocycles. The van der Waals surface area contributed by atoms with Gasteiger partial charge < -0.3 is 14.2 Å². The van der Waals surface area contributed by atoms with Gasteiger partial charge in [0.1, 0.15) is 0 Å². The van der Waals surface area contributed by atoms with Crippen molar-refractivity contribution in [3.8, 4) is 0 Å². The zero-order valence-electron chi connectivity index (χ0n) is 12.4. The smallest absolute Gasteiger partial charge is 0.359 e. The summed E-state index contributed by atoms with van der Waals surface area (Å²) in [4.78, 5) is 17.0. The van der Waals surface area contributed by atoms with Crippen LogP contribution in [0.4, 0.5) is 0 Å². The van der Waals surface area contributed by atoms with Crippen LogP contribution in [0.15, 0.2) is 35.3 Å².